The van der Waals surface area contributed by atoms with Crippen LogP contribution in [0.5, 0.6) is 0 Å². The fraction of sp³-hybridized carbons (Fsp3) is 0.526. The highest BCUT2D eigenvalue weighted by Crippen LogP contribution is 2.64. The quantitative estimate of drug-likeness (QED) is 0.664. The van der Waals surface area contributed by atoms with E-state index < -0.39 is 0 Å². The summed E-state index contributed by atoms with van der Waals surface area (Å²) in [7, 11) is 0. The van der Waals surface area contributed by atoms with Crippen molar-refractivity contribution in [2.24, 2.45) is 17.3 Å². The number of hydrogen-bond acceptors (Lipinski definition) is 3. The molecular weight excluding hydrogens is 451 g/mol. The number of aromatic nitrogens is 3. The number of anilines is 1. The van der Waals surface area contributed by atoms with Gasteiger partial charge in [0.05, 0.1) is 21.0 Å². The molecule has 2 atom stereocenters. The minimum atomic E-state index is -0.353. The molecule has 4 bridgehead atoms. The van der Waals surface area contributed by atoms with Crippen LogP contribution in [-0.2, 0) is 10.3 Å². The van der Waals surface area contributed by atoms with Crippen LogP contribution in [0.4, 0.5) is 5.69 Å². The third-order valence-corrected chi connectivity index (χ3v) is 7.74. The maximum absolute atomic E-state index is 13.4. The van der Waals surface area contributed by atoms with E-state index in [1.165, 1.54) is 6.42 Å². The molecule has 4 fully saturated rings. The summed E-state index contributed by atoms with van der Waals surface area (Å²) in [4.78, 5) is 17.7. The van der Waals surface area contributed by atoms with Crippen LogP contribution in [0.1, 0.15) is 38.5 Å². The Morgan fingerprint density at radius 1 is 1.19 bits per heavy atom. The number of nitrogens with one attached hydrogen (secondary N) is 1. The molecule has 1 aromatic carbocycles. The van der Waals surface area contributed by atoms with Crippen LogP contribution in [0.2, 0.25) is 10.0 Å². The Morgan fingerprint density at radius 3 is 2.56 bits per heavy atom. The Bertz CT molecular complexity index is 916. The van der Waals surface area contributed by atoms with Gasteiger partial charge in [0.1, 0.15) is 6.33 Å². The van der Waals surface area contributed by atoms with E-state index in [0.29, 0.717) is 32.3 Å². The standard InChI is InChI=1S/C19H19BrCl2N4O/c20-17-23-10-26(25-17)19-7-11-3-12(8-19)6-18(5-11,9-19)16(27)24-13-1-2-14(21)15(22)4-13/h1-2,4,10-12H,3,5-9H2,(H,24,27). The van der Waals surface area contributed by atoms with Gasteiger partial charge in [-0.25, -0.2) is 9.67 Å². The highest BCUT2D eigenvalue weighted by molar-refractivity contribution is 9.10. The molecule has 6 rings (SSSR count). The van der Waals surface area contributed by atoms with Crippen LogP contribution in [0.25, 0.3) is 0 Å². The van der Waals surface area contributed by atoms with E-state index in [9.17, 15) is 4.79 Å². The lowest BCUT2D eigenvalue weighted by Gasteiger charge is -2.60. The van der Waals surface area contributed by atoms with E-state index in [1.54, 1.807) is 18.2 Å². The van der Waals surface area contributed by atoms with E-state index in [-0.39, 0.29) is 16.9 Å². The van der Waals surface area contributed by atoms with Gasteiger partial charge in [-0.05, 0) is 84.5 Å². The predicted molar refractivity (Wildman–Crippen MR) is 108 cm³/mol. The number of carbonyl (C=O) groups excluding carboxylic acids is 1. The molecule has 1 heterocycles. The summed E-state index contributed by atoms with van der Waals surface area (Å²) in [5, 5.41) is 8.59. The van der Waals surface area contributed by atoms with Crippen molar-refractivity contribution in [2.45, 2.75) is 44.1 Å². The van der Waals surface area contributed by atoms with Crippen LogP contribution in [0, 0.1) is 17.3 Å². The second-order valence-corrected chi connectivity index (χ2v) is 10.0. The lowest BCUT2D eigenvalue weighted by Crippen LogP contribution is -2.60. The number of carbonyl (C=O) groups is 1. The molecule has 0 saturated heterocycles. The number of halogens is 3. The molecular formula is C19H19BrCl2N4O. The van der Waals surface area contributed by atoms with Crippen LogP contribution in [0.3, 0.4) is 0 Å². The first-order chi connectivity index (χ1) is 12.9. The van der Waals surface area contributed by atoms with Crippen LogP contribution in [0.15, 0.2) is 29.3 Å². The molecule has 2 aromatic rings. The lowest BCUT2D eigenvalue weighted by atomic mass is 9.46. The predicted octanol–water partition coefficient (Wildman–Crippen LogP) is 5.28. The summed E-state index contributed by atoms with van der Waals surface area (Å²) >= 11 is 15.5. The monoisotopic (exact) mass is 468 g/mol. The summed E-state index contributed by atoms with van der Waals surface area (Å²) < 4.78 is 2.61. The molecule has 27 heavy (non-hydrogen) atoms. The van der Waals surface area contributed by atoms with Gasteiger partial charge in [0, 0.05) is 5.69 Å². The second kappa shape index (κ2) is 6.19. The summed E-state index contributed by atoms with van der Waals surface area (Å²) in [5.74, 6) is 1.22. The van der Waals surface area contributed by atoms with Crippen molar-refractivity contribution in [2.75, 3.05) is 5.32 Å². The molecule has 2 unspecified atom stereocenters. The topological polar surface area (TPSA) is 59.8 Å². The van der Waals surface area contributed by atoms with E-state index in [4.69, 9.17) is 23.2 Å². The van der Waals surface area contributed by atoms with Gasteiger partial charge in [-0.3, -0.25) is 4.79 Å². The minimum absolute atomic E-state index is 0.0959. The van der Waals surface area contributed by atoms with Crippen molar-refractivity contribution in [3.8, 4) is 0 Å². The van der Waals surface area contributed by atoms with Gasteiger partial charge in [0.2, 0.25) is 10.6 Å². The first kappa shape index (κ1) is 18.0. The summed E-state index contributed by atoms with van der Waals surface area (Å²) in [6.45, 7) is 0. The van der Waals surface area contributed by atoms with Gasteiger partial charge in [-0.1, -0.05) is 23.2 Å². The van der Waals surface area contributed by atoms with Gasteiger partial charge < -0.3 is 5.32 Å². The summed E-state index contributed by atoms with van der Waals surface area (Å²) in [6, 6.07) is 5.23. The number of nitrogens with zero attached hydrogens (tertiary/aromatic N) is 3. The fourth-order valence-electron chi connectivity index (χ4n) is 6.06. The largest absolute Gasteiger partial charge is 0.326 e. The Kier molecular flexibility index (Phi) is 4.12. The Hall–Kier alpha value is -1.11. The Balaban J connectivity index is 1.46. The van der Waals surface area contributed by atoms with E-state index in [2.05, 4.69) is 31.3 Å². The normalized spacial score (nSPS) is 34.0. The highest BCUT2D eigenvalue weighted by atomic mass is 79.9. The van der Waals surface area contributed by atoms with Gasteiger partial charge in [0.25, 0.3) is 0 Å². The van der Waals surface area contributed by atoms with Gasteiger partial charge in [-0.15, -0.1) is 5.10 Å². The van der Waals surface area contributed by atoms with Crippen LogP contribution in [-0.4, -0.2) is 20.7 Å². The van der Waals surface area contributed by atoms with E-state index in [0.717, 1.165) is 32.1 Å². The van der Waals surface area contributed by atoms with Crippen LogP contribution >= 0.6 is 39.1 Å². The zero-order valence-electron chi connectivity index (χ0n) is 14.6. The molecule has 0 radical (unpaired) electrons. The van der Waals surface area contributed by atoms with Gasteiger partial charge in [-0.2, -0.15) is 0 Å². The van der Waals surface area contributed by atoms with Gasteiger partial charge in [0.15, 0.2) is 0 Å². The number of rotatable bonds is 3. The average molecular weight is 470 g/mol. The molecule has 4 saturated carbocycles. The first-order valence-electron chi connectivity index (χ1n) is 9.22. The molecule has 0 spiro atoms. The van der Waals surface area contributed by atoms with Crippen molar-refractivity contribution in [3.05, 3.63) is 39.3 Å². The lowest BCUT2D eigenvalue weighted by molar-refractivity contribution is -0.150. The van der Waals surface area contributed by atoms with Crippen molar-refractivity contribution >= 4 is 50.7 Å². The maximum atomic E-state index is 13.4. The SMILES string of the molecule is O=C(Nc1ccc(Cl)c(Cl)c1)C12CC3CC(C1)CC(n1cnc(Br)n1)(C3)C2. The molecule has 8 heteroatoms. The van der Waals surface area contributed by atoms with E-state index in [1.807, 2.05) is 11.0 Å². The summed E-state index contributed by atoms with van der Waals surface area (Å²) in [6.07, 6.45) is 7.92. The van der Waals surface area contributed by atoms with Crippen molar-refractivity contribution in [1.29, 1.82) is 0 Å². The third kappa shape index (κ3) is 2.91. The minimum Gasteiger partial charge on any atom is -0.326 e. The zero-order chi connectivity index (χ0) is 18.8. The third-order valence-electron chi connectivity index (χ3n) is 6.64. The van der Waals surface area contributed by atoms with Crippen molar-refractivity contribution < 1.29 is 4.79 Å². The summed E-state index contributed by atoms with van der Waals surface area (Å²) in [5.41, 5.74) is 0.245. The van der Waals surface area contributed by atoms with E-state index >= 15 is 0 Å². The van der Waals surface area contributed by atoms with Gasteiger partial charge >= 0.3 is 0 Å². The highest BCUT2D eigenvalue weighted by Gasteiger charge is 2.61. The zero-order valence-corrected chi connectivity index (χ0v) is 17.7. The molecule has 4 aliphatic rings. The maximum Gasteiger partial charge on any atom is 0.230 e. The average Bonchev–Trinajstić information content (AvgIpc) is 3.04. The first-order valence-corrected chi connectivity index (χ1v) is 10.8. The Labute approximate surface area is 175 Å². The second-order valence-electron chi connectivity index (χ2n) is 8.51. The van der Waals surface area contributed by atoms with Crippen molar-refractivity contribution in [1.82, 2.24) is 14.8 Å². The fourth-order valence-corrected chi connectivity index (χ4v) is 6.62. The number of amides is 1. The molecule has 1 aromatic heterocycles. The molecule has 1 N–H and O–H groups in total. The van der Waals surface area contributed by atoms with Crippen molar-refractivity contribution in [3.63, 3.8) is 0 Å². The molecule has 0 aliphatic heterocycles. The molecule has 1 amide bonds. The smallest absolute Gasteiger partial charge is 0.230 e. The molecule has 4 aliphatic carbocycles. The Morgan fingerprint density at radius 2 is 1.93 bits per heavy atom. The number of hydrogen-bond donors (Lipinski definition) is 1. The van der Waals surface area contributed by atoms with Crippen LogP contribution < -0.4 is 5.32 Å². The molecule has 5 nitrogen and oxygen atoms in total. The number of benzene rings is 1. The molecule has 142 valence electrons.